The first-order valence-corrected chi connectivity index (χ1v) is 20.0. The van der Waals surface area contributed by atoms with E-state index < -0.39 is 0 Å². The first kappa shape index (κ1) is 35.8. The molecule has 2 heterocycles. The maximum atomic E-state index is 3.94. The molecule has 5 aromatic carbocycles. The lowest BCUT2D eigenvalue weighted by Crippen LogP contribution is -2.57. The van der Waals surface area contributed by atoms with Crippen LogP contribution in [0, 0.1) is 0 Å². The molecule has 53 heavy (non-hydrogen) atoms. The maximum Gasteiger partial charge on any atom is 0.197 e. The van der Waals surface area contributed by atoms with E-state index in [2.05, 4.69) is 191 Å². The molecule has 3 aliphatic rings. The molecule has 1 N–H and O–H groups in total. The van der Waals surface area contributed by atoms with E-state index in [1.807, 2.05) is 0 Å². The van der Waals surface area contributed by atoms with Crippen molar-refractivity contribution in [2.24, 2.45) is 0 Å². The van der Waals surface area contributed by atoms with Crippen molar-refractivity contribution in [2.75, 3.05) is 10.2 Å². The number of rotatable bonds is 4. The van der Waals surface area contributed by atoms with Crippen LogP contribution in [0.4, 0.5) is 22.7 Å². The SMILES string of the molecule is CC(C)(C)c1ccc(Nc2cc(C(C)(C)C)ccc2-c2cc(-c3ccccc3)cc3c2[B]c2cc(C(C)(C)C)cc4c2N3C2(C)CCCCC42C)cc1. The first-order chi connectivity index (χ1) is 24.9. The monoisotopic (exact) mass is 697 g/mol. The van der Waals surface area contributed by atoms with E-state index in [4.69, 9.17) is 0 Å². The molecule has 1 radical (unpaired) electrons. The van der Waals surface area contributed by atoms with Gasteiger partial charge in [-0.1, -0.05) is 160 Å². The van der Waals surface area contributed by atoms with Crippen molar-refractivity contribution < 1.29 is 0 Å². The Morgan fingerprint density at radius 1 is 0.604 bits per heavy atom. The van der Waals surface area contributed by atoms with Gasteiger partial charge in [-0.2, -0.15) is 0 Å². The van der Waals surface area contributed by atoms with E-state index >= 15 is 0 Å². The van der Waals surface area contributed by atoms with Gasteiger partial charge in [-0.3, -0.25) is 0 Å². The molecule has 2 nitrogen and oxygen atoms in total. The van der Waals surface area contributed by atoms with Crippen LogP contribution in [0.15, 0.2) is 97.1 Å². The van der Waals surface area contributed by atoms with Gasteiger partial charge >= 0.3 is 0 Å². The summed E-state index contributed by atoms with van der Waals surface area (Å²) in [6.45, 7) is 26.0. The molecule has 0 amide bonds. The zero-order chi connectivity index (χ0) is 37.7. The van der Waals surface area contributed by atoms with Gasteiger partial charge in [0.05, 0.1) is 5.54 Å². The Kier molecular flexibility index (Phi) is 8.19. The minimum absolute atomic E-state index is 0.0107. The third kappa shape index (κ3) is 5.85. The molecule has 2 aliphatic heterocycles. The highest BCUT2D eigenvalue weighted by Crippen LogP contribution is 2.61. The van der Waals surface area contributed by atoms with Crippen LogP contribution in [-0.4, -0.2) is 12.8 Å². The van der Waals surface area contributed by atoms with E-state index in [-0.39, 0.29) is 27.2 Å². The lowest BCUT2D eigenvalue weighted by Gasteiger charge is -2.51. The zero-order valence-electron chi connectivity index (χ0n) is 34.1. The minimum Gasteiger partial charge on any atom is -0.355 e. The molecule has 0 spiro atoms. The van der Waals surface area contributed by atoms with Crippen molar-refractivity contribution in [3.63, 3.8) is 0 Å². The number of hydrogen-bond acceptors (Lipinski definition) is 2. The van der Waals surface area contributed by atoms with Crippen LogP contribution in [0.25, 0.3) is 22.3 Å². The highest BCUT2D eigenvalue weighted by molar-refractivity contribution is 6.73. The molecule has 1 fully saturated rings. The van der Waals surface area contributed by atoms with Gasteiger partial charge in [-0.15, -0.1) is 0 Å². The molecular formula is C50H58BN2. The molecule has 3 heteroatoms. The van der Waals surface area contributed by atoms with E-state index in [1.165, 1.54) is 86.9 Å². The van der Waals surface area contributed by atoms with Gasteiger partial charge in [0.1, 0.15) is 0 Å². The third-order valence-corrected chi connectivity index (χ3v) is 13.1. The maximum absolute atomic E-state index is 3.94. The van der Waals surface area contributed by atoms with Gasteiger partial charge in [0.2, 0.25) is 0 Å². The molecule has 5 aromatic rings. The fourth-order valence-corrected chi connectivity index (χ4v) is 9.49. The van der Waals surface area contributed by atoms with Crippen molar-refractivity contribution in [1.29, 1.82) is 0 Å². The smallest absolute Gasteiger partial charge is 0.197 e. The Morgan fingerprint density at radius 2 is 1.25 bits per heavy atom. The summed E-state index contributed by atoms with van der Waals surface area (Å²) in [6, 6.07) is 37.2. The van der Waals surface area contributed by atoms with Crippen LogP contribution in [0.1, 0.15) is 124 Å². The fourth-order valence-electron chi connectivity index (χ4n) is 9.49. The third-order valence-electron chi connectivity index (χ3n) is 13.1. The molecule has 2 unspecified atom stereocenters. The predicted molar refractivity (Wildman–Crippen MR) is 231 cm³/mol. The lowest BCUT2D eigenvalue weighted by atomic mass is 9.57. The Morgan fingerprint density at radius 3 is 1.91 bits per heavy atom. The van der Waals surface area contributed by atoms with Crippen LogP contribution in [0.2, 0.25) is 0 Å². The molecule has 271 valence electrons. The molecule has 0 saturated heterocycles. The number of hydrogen-bond donors (Lipinski definition) is 1. The van der Waals surface area contributed by atoms with Gasteiger partial charge in [-0.05, 0) is 105 Å². The van der Waals surface area contributed by atoms with E-state index in [0.717, 1.165) is 11.4 Å². The summed E-state index contributed by atoms with van der Waals surface area (Å²) in [5, 5.41) is 3.94. The molecule has 2 atom stereocenters. The van der Waals surface area contributed by atoms with Crippen LogP contribution in [0.3, 0.4) is 0 Å². The molecule has 1 saturated carbocycles. The van der Waals surface area contributed by atoms with Crippen molar-refractivity contribution in [3.05, 3.63) is 119 Å². The standard InChI is InChI=1S/C50H58BN2/c1-46(2,3)34-19-22-37(23-20-34)52-42-31-35(47(4,5)6)21-24-38(42)39-27-33(32-17-13-12-14-18-32)28-43-44(39)51-41-30-36(48(7,8)9)29-40-45(41)53(43)50(11)26-16-15-25-49(40,50)10/h12-14,17-24,27-31,52H,15-16,25-26H2,1-11H3. The fraction of sp³-hybridized carbons (Fsp3) is 0.400. The average Bonchev–Trinajstić information content (AvgIpc) is 3.32. The summed E-state index contributed by atoms with van der Waals surface area (Å²) >= 11 is 0. The second-order valence-electron chi connectivity index (χ2n) is 19.8. The Hall–Kier alpha value is -4.24. The van der Waals surface area contributed by atoms with Crippen molar-refractivity contribution in [3.8, 4) is 22.3 Å². The summed E-state index contributed by atoms with van der Waals surface area (Å²) in [5.41, 5.74) is 18.6. The summed E-state index contributed by atoms with van der Waals surface area (Å²) in [7, 11) is 2.54. The summed E-state index contributed by atoms with van der Waals surface area (Å²) < 4.78 is 0. The second kappa shape index (κ2) is 12.1. The van der Waals surface area contributed by atoms with Gasteiger partial charge < -0.3 is 10.2 Å². The number of benzene rings is 5. The van der Waals surface area contributed by atoms with Crippen LogP contribution >= 0.6 is 0 Å². The zero-order valence-corrected chi connectivity index (χ0v) is 34.1. The Balaban J connectivity index is 1.40. The summed E-state index contributed by atoms with van der Waals surface area (Å²) in [5.74, 6) is 0. The second-order valence-corrected chi connectivity index (χ2v) is 19.8. The minimum atomic E-state index is -0.0274. The molecule has 1 aliphatic carbocycles. The number of nitrogens with one attached hydrogen (secondary N) is 1. The average molecular weight is 698 g/mol. The topological polar surface area (TPSA) is 15.3 Å². The quantitative estimate of drug-likeness (QED) is 0.188. The first-order valence-electron chi connectivity index (χ1n) is 20.0. The van der Waals surface area contributed by atoms with Gasteiger partial charge in [-0.25, -0.2) is 0 Å². The number of anilines is 4. The van der Waals surface area contributed by atoms with Crippen LogP contribution in [0.5, 0.6) is 0 Å². The normalized spacial score (nSPS) is 20.7. The number of fused-ring (bicyclic) bond motifs is 5. The van der Waals surface area contributed by atoms with Gasteiger partial charge in [0, 0.05) is 33.7 Å². The van der Waals surface area contributed by atoms with Gasteiger partial charge in [0.15, 0.2) is 7.28 Å². The molecule has 0 bridgehead atoms. The lowest BCUT2D eigenvalue weighted by molar-refractivity contribution is 0.195. The van der Waals surface area contributed by atoms with Crippen molar-refractivity contribution in [1.82, 2.24) is 0 Å². The Bertz CT molecular complexity index is 2210. The summed E-state index contributed by atoms with van der Waals surface area (Å²) in [4.78, 5) is 2.82. The molecule has 8 rings (SSSR count). The Labute approximate surface area is 320 Å². The summed E-state index contributed by atoms with van der Waals surface area (Å²) in [6.07, 6.45) is 4.95. The largest absolute Gasteiger partial charge is 0.355 e. The van der Waals surface area contributed by atoms with E-state index in [9.17, 15) is 0 Å². The van der Waals surface area contributed by atoms with Gasteiger partial charge in [0.25, 0.3) is 0 Å². The van der Waals surface area contributed by atoms with E-state index in [1.54, 1.807) is 5.56 Å². The number of nitrogens with zero attached hydrogens (tertiary/aromatic N) is 1. The van der Waals surface area contributed by atoms with E-state index in [0.29, 0.717) is 0 Å². The predicted octanol–water partition coefficient (Wildman–Crippen LogP) is 12.4. The molecule has 0 aromatic heterocycles. The molecular weight excluding hydrogens is 639 g/mol. The van der Waals surface area contributed by atoms with Crippen LogP contribution < -0.4 is 21.1 Å². The highest BCUT2D eigenvalue weighted by atomic mass is 15.3. The highest BCUT2D eigenvalue weighted by Gasteiger charge is 2.59. The van der Waals surface area contributed by atoms with Crippen molar-refractivity contribution in [2.45, 2.75) is 129 Å². The van der Waals surface area contributed by atoms with Crippen molar-refractivity contribution >= 4 is 41.0 Å². The van der Waals surface area contributed by atoms with Crippen LogP contribution in [-0.2, 0) is 21.7 Å².